The van der Waals surface area contributed by atoms with E-state index in [1.807, 2.05) is 42.5 Å². The maximum Gasteiger partial charge on any atom is 0.306 e. The van der Waals surface area contributed by atoms with E-state index in [1.54, 1.807) is 6.08 Å². The van der Waals surface area contributed by atoms with Crippen LogP contribution < -0.4 is 5.32 Å². The Morgan fingerprint density at radius 2 is 1.13 bits per heavy atom. The van der Waals surface area contributed by atoms with Gasteiger partial charge in [0.05, 0.1) is 25.4 Å². The SMILES string of the molecule is CC/C=C/C=C/C=C\C=C/CCCCCC(=O)OC1C(OCC(NC(=O)C(O)CCCCCCCC/C=C/C/C=C/CC)C(O)/C=C/CCCCCCCCCCCCC)OC(CO)C(O)C1O. The third kappa shape index (κ3) is 33.4. The fraction of sp³-hybridized carbons (Fsp3) is 0.719. The summed E-state index contributed by atoms with van der Waals surface area (Å²) in [5.74, 6) is -1.25. The standard InChI is InChI=1S/C57H97NO10/c1-4-7-10-13-16-19-22-25-28-31-34-37-40-43-49(60)48(58-56(65)50(61)44-41-38-35-32-29-26-23-20-17-14-11-8-5-2)47-66-57-55(54(64)53(63)51(46-59)67-57)68-52(62)45-42-39-36-33-30-27-24-21-18-15-12-9-6-3/h8-9,11-12,15,17-18,20-21,24,27,30,40,43,48-51,53-55,57,59-61,63-64H,4-7,10,13-14,16,19,22-23,25-26,28-29,31-39,41-42,44-47H2,1-3H3,(H,58,65)/b11-8+,12-9+,18-15+,20-17+,24-21-,30-27-,43-40+. The molecule has 0 aromatic carbocycles. The Hall–Kier alpha value is -3.16. The van der Waals surface area contributed by atoms with Gasteiger partial charge >= 0.3 is 5.97 Å². The molecule has 1 saturated heterocycles. The fourth-order valence-electron chi connectivity index (χ4n) is 7.87. The molecule has 0 spiro atoms. The third-order valence-corrected chi connectivity index (χ3v) is 12.1. The fourth-order valence-corrected chi connectivity index (χ4v) is 7.87. The zero-order valence-corrected chi connectivity index (χ0v) is 42.7. The zero-order chi connectivity index (χ0) is 49.7. The van der Waals surface area contributed by atoms with Crippen molar-refractivity contribution >= 4 is 11.9 Å². The second-order valence-corrected chi connectivity index (χ2v) is 18.3. The van der Waals surface area contributed by atoms with Crippen LogP contribution in [0.2, 0.25) is 0 Å². The lowest BCUT2D eigenvalue weighted by molar-refractivity contribution is -0.305. The minimum absolute atomic E-state index is 0.0728. The van der Waals surface area contributed by atoms with Crippen molar-refractivity contribution in [3.63, 3.8) is 0 Å². The Bertz CT molecular complexity index is 1420. The molecule has 0 saturated carbocycles. The van der Waals surface area contributed by atoms with Crippen LogP contribution in [0.4, 0.5) is 0 Å². The molecule has 0 aliphatic carbocycles. The van der Waals surface area contributed by atoms with Crippen LogP contribution in [-0.2, 0) is 23.8 Å². The van der Waals surface area contributed by atoms with E-state index in [0.29, 0.717) is 12.8 Å². The molecule has 0 aromatic rings. The molecule has 1 aliphatic heterocycles. The first-order valence-corrected chi connectivity index (χ1v) is 26.9. The average Bonchev–Trinajstić information content (AvgIpc) is 3.33. The third-order valence-electron chi connectivity index (χ3n) is 12.1. The van der Waals surface area contributed by atoms with Crippen molar-refractivity contribution in [2.45, 2.75) is 250 Å². The maximum absolute atomic E-state index is 13.3. The van der Waals surface area contributed by atoms with Crippen LogP contribution in [0.1, 0.15) is 201 Å². The van der Waals surface area contributed by atoms with Gasteiger partial charge in [-0.1, -0.05) is 209 Å². The van der Waals surface area contributed by atoms with E-state index in [9.17, 15) is 35.1 Å². The summed E-state index contributed by atoms with van der Waals surface area (Å²) in [7, 11) is 0. The molecule has 1 amide bonds. The number of aliphatic hydroxyl groups is 5. The van der Waals surface area contributed by atoms with Gasteiger partial charge in [-0.05, 0) is 70.6 Å². The van der Waals surface area contributed by atoms with Crippen LogP contribution in [0.15, 0.2) is 85.1 Å². The molecule has 0 radical (unpaired) electrons. The van der Waals surface area contributed by atoms with Crippen molar-refractivity contribution < 1.29 is 49.3 Å². The van der Waals surface area contributed by atoms with Crippen LogP contribution in [0.25, 0.3) is 0 Å². The number of hydrogen-bond donors (Lipinski definition) is 6. The summed E-state index contributed by atoms with van der Waals surface area (Å²) in [6.07, 6.45) is 46.3. The van der Waals surface area contributed by atoms with Gasteiger partial charge < -0.3 is 45.1 Å². The molecule has 1 fully saturated rings. The van der Waals surface area contributed by atoms with Crippen molar-refractivity contribution in [3.8, 4) is 0 Å². The van der Waals surface area contributed by atoms with Gasteiger partial charge in [0.2, 0.25) is 5.91 Å². The van der Waals surface area contributed by atoms with Crippen molar-refractivity contribution in [2.24, 2.45) is 0 Å². The van der Waals surface area contributed by atoms with E-state index < -0.39 is 67.4 Å². The van der Waals surface area contributed by atoms with Crippen LogP contribution in [-0.4, -0.2) is 99.6 Å². The van der Waals surface area contributed by atoms with Crippen molar-refractivity contribution in [1.82, 2.24) is 5.32 Å². The van der Waals surface area contributed by atoms with Crippen LogP contribution >= 0.6 is 0 Å². The Kier molecular flexibility index (Phi) is 41.6. The normalized spacial score (nSPS) is 20.6. The summed E-state index contributed by atoms with van der Waals surface area (Å²) in [5, 5.41) is 56.6. The number of nitrogens with one attached hydrogen (secondary N) is 1. The molecule has 11 nitrogen and oxygen atoms in total. The summed E-state index contributed by atoms with van der Waals surface area (Å²) in [5.41, 5.74) is 0. The number of aliphatic hydroxyl groups excluding tert-OH is 5. The minimum Gasteiger partial charge on any atom is -0.454 e. The van der Waals surface area contributed by atoms with Gasteiger partial charge in [0, 0.05) is 6.42 Å². The summed E-state index contributed by atoms with van der Waals surface area (Å²) in [4.78, 5) is 26.4. The largest absolute Gasteiger partial charge is 0.454 e. The summed E-state index contributed by atoms with van der Waals surface area (Å²) in [6.45, 7) is 5.48. The molecule has 1 heterocycles. The number of ether oxygens (including phenoxy) is 3. The highest BCUT2D eigenvalue weighted by Gasteiger charge is 2.47. The van der Waals surface area contributed by atoms with Crippen molar-refractivity contribution in [3.05, 3.63) is 85.1 Å². The number of rotatable bonds is 43. The van der Waals surface area contributed by atoms with E-state index in [2.05, 4.69) is 62.5 Å². The van der Waals surface area contributed by atoms with Gasteiger partial charge in [0.25, 0.3) is 0 Å². The number of hydrogen-bond acceptors (Lipinski definition) is 10. The molecule has 0 bridgehead atoms. The van der Waals surface area contributed by atoms with E-state index in [4.69, 9.17) is 14.2 Å². The summed E-state index contributed by atoms with van der Waals surface area (Å²) in [6, 6.07) is -1.04. The molecule has 390 valence electrons. The highest BCUT2D eigenvalue weighted by atomic mass is 16.7. The number of amides is 1. The molecule has 6 N–H and O–H groups in total. The van der Waals surface area contributed by atoms with Gasteiger partial charge in [-0.3, -0.25) is 9.59 Å². The van der Waals surface area contributed by atoms with Gasteiger partial charge in [-0.15, -0.1) is 0 Å². The van der Waals surface area contributed by atoms with Crippen LogP contribution in [0.5, 0.6) is 0 Å². The molecule has 8 unspecified atom stereocenters. The molecule has 1 aliphatic rings. The Morgan fingerprint density at radius 3 is 1.75 bits per heavy atom. The van der Waals surface area contributed by atoms with Crippen molar-refractivity contribution in [2.75, 3.05) is 13.2 Å². The first-order valence-electron chi connectivity index (χ1n) is 26.9. The number of allylic oxidation sites excluding steroid dienone is 13. The predicted octanol–water partition coefficient (Wildman–Crippen LogP) is 11.4. The smallest absolute Gasteiger partial charge is 0.306 e. The van der Waals surface area contributed by atoms with Gasteiger partial charge in [0.15, 0.2) is 12.4 Å². The molecule has 0 aromatic heterocycles. The first kappa shape index (κ1) is 62.9. The number of carbonyl (C=O) groups excluding carboxylic acids is 2. The van der Waals surface area contributed by atoms with E-state index in [1.165, 1.54) is 57.8 Å². The van der Waals surface area contributed by atoms with Crippen LogP contribution in [0.3, 0.4) is 0 Å². The predicted molar refractivity (Wildman–Crippen MR) is 278 cm³/mol. The second kappa shape index (κ2) is 45.0. The quantitative estimate of drug-likeness (QED) is 0.0149. The molecular formula is C57H97NO10. The van der Waals surface area contributed by atoms with E-state index in [0.717, 1.165) is 96.3 Å². The number of carbonyl (C=O) groups is 2. The molecule has 1 rings (SSSR count). The topological polar surface area (TPSA) is 175 Å². The van der Waals surface area contributed by atoms with Gasteiger partial charge in [-0.25, -0.2) is 0 Å². The number of unbranched alkanes of at least 4 members (excludes halogenated alkanes) is 20. The molecule has 11 heteroatoms. The first-order chi connectivity index (χ1) is 33.2. The summed E-state index contributed by atoms with van der Waals surface area (Å²) < 4.78 is 17.5. The zero-order valence-electron chi connectivity index (χ0n) is 42.7. The average molecular weight is 956 g/mol. The second-order valence-electron chi connectivity index (χ2n) is 18.3. The minimum atomic E-state index is -1.63. The Balaban J connectivity index is 2.81. The molecule has 68 heavy (non-hydrogen) atoms. The Morgan fingerprint density at radius 1 is 0.603 bits per heavy atom. The van der Waals surface area contributed by atoms with Crippen LogP contribution in [0, 0.1) is 0 Å². The van der Waals surface area contributed by atoms with Gasteiger partial charge in [0.1, 0.15) is 24.4 Å². The van der Waals surface area contributed by atoms with E-state index >= 15 is 0 Å². The highest BCUT2D eigenvalue weighted by Crippen LogP contribution is 2.26. The maximum atomic E-state index is 13.3. The molecule has 8 atom stereocenters. The molecular weight excluding hydrogens is 859 g/mol. The lowest BCUT2D eigenvalue weighted by Crippen LogP contribution is -2.61. The lowest BCUT2D eigenvalue weighted by atomic mass is 9.99. The lowest BCUT2D eigenvalue weighted by Gasteiger charge is -2.41. The van der Waals surface area contributed by atoms with Crippen molar-refractivity contribution in [1.29, 1.82) is 0 Å². The Labute approximate surface area is 413 Å². The van der Waals surface area contributed by atoms with Gasteiger partial charge in [-0.2, -0.15) is 0 Å². The summed E-state index contributed by atoms with van der Waals surface area (Å²) >= 11 is 0. The van der Waals surface area contributed by atoms with E-state index in [-0.39, 0.29) is 19.4 Å². The number of esters is 1. The monoisotopic (exact) mass is 956 g/mol. The highest BCUT2D eigenvalue weighted by molar-refractivity contribution is 5.80.